The van der Waals surface area contributed by atoms with Gasteiger partial charge in [-0.3, -0.25) is 0 Å². The molecule has 3 rings (SSSR count). The molecule has 1 aromatic rings. The van der Waals surface area contributed by atoms with Gasteiger partial charge in [0.1, 0.15) is 0 Å². The smallest absolute Gasteiger partial charge is 0.0415 e. The maximum atomic E-state index is 3.42. The Kier molecular flexibility index (Phi) is 1.95. The van der Waals surface area contributed by atoms with E-state index in [-0.39, 0.29) is 0 Å². The van der Waals surface area contributed by atoms with E-state index >= 15 is 0 Å². The Morgan fingerprint density at radius 2 is 1.93 bits per heavy atom. The lowest BCUT2D eigenvalue weighted by Gasteiger charge is -2.20. The summed E-state index contributed by atoms with van der Waals surface area (Å²) >= 11 is 0. The highest BCUT2D eigenvalue weighted by molar-refractivity contribution is 5.58. The largest absolute Gasteiger partial charge is 0.371 e. The summed E-state index contributed by atoms with van der Waals surface area (Å²) in [6, 6.07) is 6.71. The average Bonchev–Trinajstić information content (AvgIpc) is 2.88. The van der Waals surface area contributed by atoms with E-state index in [1.807, 2.05) is 0 Å². The van der Waals surface area contributed by atoms with Crippen molar-refractivity contribution in [3.8, 4) is 0 Å². The highest BCUT2D eigenvalue weighted by Gasteiger charge is 2.19. The number of rotatable bonds is 1. The number of nitrogens with zero attached hydrogens (tertiary/aromatic N) is 1. The molecule has 0 radical (unpaired) electrons. The molecule has 1 fully saturated rings. The van der Waals surface area contributed by atoms with Crippen molar-refractivity contribution in [1.29, 1.82) is 0 Å². The molecule has 14 heavy (non-hydrogen) atoms. The summed E-state index contributed by atoms with van der Waals surface area (Å²) in [5.74, 6) is 0. The van der Waals surface area contributed by atoms with Gasteiger partial charge in [-0.1, -0.05) is 12.1 Å². The van der Waals surface area contributed by atoms with Crippen LogP contribution in [0.4, 0.5) is 5.69 Å². The van der Waals surface area contributed by atoms with Crippen LogP contribution in [-0.4, -0.2) is 13.1 Å². The summed E-state index contributed by atoms with van der Waals surface area (Å²) in [7, 11) is 0. The van der Waals surface area contributed by atoms with Crippen molar-refractivity contribution in [1.82, 2.24) is 5.32 Å². The molecule has 2 heteroatoms. The quantitative estimate of drug-likeness (QED) is 0.724. The first-order valence-electron chi connectivity index (χ1n) is 5.51. The predicted octanol–water partition coefficient (Wildman–Crippen LogP) is 1.89. The summed E-state index contributed by atoms with van der Waals surface area (Å²) in [5.41, 5.74) is 4.51. The normalized spacial score (nSPS) is 20.1. The van der Waals surface area contributed by atoms with E-state index in [1.54, 1.807) is 0 Å². The summed E-state index contributed by atoms with van der Waals surface area (Å²) in [6.07, 6.45) is 2.72. The number of benzene rings is 1. The van der Waals surface area contributed by atoms with E-state index in [9.17, 15) is 0 Å². The van der Waals surface area contributed by atoms with Crippen LogP contribution in [-0.2, 0) is 13.1 Å². The van der Waals surface area contributed by atoms with Gasteiger partial charge in [0, 0.05) is 31.9 Å². The monoisotopic (exact) mass is 188 g/mol. The number of anilines is 1. The molecule has 0 bridgehead atoms. The third kappa shape index (κ3) is 1.22. The van der Waals surface area contributed by atoms with E-state index < -0.39 is 0 Å². The molecule has 0 unspecified atom stereocenters. The SMILES string of the molecule is c1cc2c(c(N3CCCC3)c1)CNC2. The Morgan fingerprint density at radius 3 is 2.79 bits per heavy atom. The first-order valence-corrected chi connectivity index (χ1v) is 5.51. The summed E-state index contributed by atoms with van der Waals surface area (Å²) in [5, 5.41) is 3.42. The minimum atomic E-state index is 1.05. The minimum absolute atomic E-state index is 1.05. The second kappa shape index (κ2) is 3.28. The maximum Gasteiger partial charge on any atom is 0.0415 e. The lowest BCUT2D eigenvalue weighted by atomic mass is 10.1. The fourth-order valence-corrected chi connectivity index (χ4v) is 2.57. The topological polar surface area (TPSA) is 15.3 Å². The zero-order chi connectivity index (χ0) is 9.38. The van der Waals surface area contributed by atoms with Gasteiger partial charge in [0.15, 0.2) is 0 Å². The van der Waals surface area contributed by atoms with Gasteiger partial charge in [-0.25, -0.2) is 0 Å². The summed E-state index contributed by atoms with van der Waals surface area (Å²) < 4.78 is 0. The van der Waals surface area contributed by atoms with Crippen LogP contribution in [0.5, 0.6) is 0 Å². The van der Waals surface area contributed by atoms with Crippen LogP contribution >= 0.6 is 0 Å². The van der Waals surface area contributed by atoms with Crippen LogP contribution in [0.3, 0.4) is 0 Å². The van der Waals surface area contributed by atoms with Crippen LogP contribution in [0.1, 0.15) is 24.0 Å². The van der Waals surface area contributed by atoms with Crippen LogP contribution in [0, 0.1) is 0 Å². The Bertz CT molecular complexity index is 340. The van der Waals surface area contributed by atoms with E-state index in [4.69, 9.17) is 0 Å². The van der Waals surface area contributed by atoms with Crippen molar-refractivity contribution < 1.29 is 0 Å². The number of nitrogens with one attached hydrogen (secondary N) is 1. The van der Waals surface area contributed by atoms with Gasteiger partial charge >= 0.3 is 0 Å². The Morgan fingerprint density at radius 1 is 1.07 bits per heavy atom. The molecule has 1 aromatic carbocycles. The highest BCUT2D eigenvalue weighted by atomic mass is 15.1. The lowest BCUT2D eigenvalue weighted by molar-refractivity contribution is 0.763. The number of hydrogen-bond donors (Lipinski definition) is 1. The van der Waals surface area contributed by atoms with Gasteiger partial charge in [-0.05, 0) is 30.0 Å². The fourth-order valence-electron chi connectivity index (χ4n) is 2.57. The van der Waals surface area contributed by atoms with Gasteiger partial charge in [0.2, 0.25) is 0 Å². The molecule has 0 saturated carbocycles. The summed E-state index contributed by atoms with van der Waals surface area (Å²) in [4.78, 5) is 2.53. The molecule has 0 amide bonds. The molecular weight excluding hydrogens is 172 g/mol. The van der Waals surface area contributed by atoms with Gasteiger partial charge in [0.05, 0.1) is 0 Å². The van der Waals surface area contributed by atoms with E-state index in [0.29, 0.717) is 0 Å². The first-order chi connectivity index (χ1) is 6.95. The molecule has 0 aliphatic carbocycles. The molecule has 2 nitrogen and oxygen atoms in total. The second-order valence-corrected chi connectivity index (χ2v) is 4.21. The van der Waals surface area contributed by atoms with Crippen LogP contribution in [0.2, 0.25) is 0 Å². The van der Waals surface area contributed by atoms with Crippen molar-refractivity contribution in [2.24, 2.45) is 0 Å². The second-order valence-electron chi connectivity index (χ2n) is 4.21. The Labute approximate surface area is 84.9 Å². The van der Waals surface area contributed by atoms with Gasteiger partial charge in [-0.2, -0.15) is 0 Å². The van der Waals surface area contributed by atoms with Crippen LogP contribution in [0.15, 0.2) is 18.2 Å². The molecule has 0 atom stereocenters. The Balaban J connectivity index is 2.00. The molecule has 1 N–H and O–H groups in total. The predicted molar refractivity (Wildman–Crippen MR) is 58.4 cm³/mol. The third-order valence-corrected chi connectivity index (χ3v) is 3.31. The molecule has 2 aliphatic heterocycles. The Hall–Kier alpha value is -1.02. The summed E-state index contributed by atoms with van der Waals surface area (Å²) in [6.45, 7) is 4.60. The minimum Gasteiger partial charge on any atom is -0.371 e. The fraction of sp³-hybridized carbons (Fsp3) is 0.500. The van der Waals surface area contributed by atoms with E-state index in [0.717, 1.165) is 13.1 Å². The lowest BCUT2D eigenvalue weighted by Crippen LogP contribution is -2.19. The zero-order valence-electron chi connectivity index (χ0n) is 8.42. The molecule has 1 saturated heterocycles. The molecule has 0 aromatic heterocycles. The van der Waals surface area contributed by atoms with Crippen molar-refractivity contribution >= 4 is 5.69 Å². The van der Waals surface area contributed by atoms with Crippen LogP contribution < -0.4 is 10.2 Å². The van der Waals surface area contributed by atoms with Gasteiger partial charge < -0.3 is 10.2 Å². The number of fused-ring (bicyclic) bond motifs is 1. The molecule has 0 spiro atoms. The molecule has 2 aliphatic rings. The van der Waals surface area contributed by atoms with E-state index in [1.165, 1.54) is 42.7 Å². The standard InChI is InChI=1S/C12H16N2/c1-2-7-14(6-1)12-5-3-4-10-8-13-9-11(10)12/h3-5,13H,1-2,6-9H2. The maximum absolute atomic E-state index is 3.42. The highest BCUT2D eigenvalue weighted by Crippen LogP contribution is 2.29. The third-order valence-electron chi connectivity index (χ3n) is 3.31. The van der Waals surface area contributed by atoms with E-state index in [2.05, 4.69) is 28.4 Å². The molecule has 2 heterocycles. The molecular formula is C12H16N2. The van der Waals surface area contributed by atoms with Gasteiger partial charge in [-0.15, -0.1) is 0 Å². The van der Waals surface area contributed by atoms with Crippen molar-refractivity contribution in [2.45, 2.75) is 25.9 Å². The number of hydrogen-bond acceptors (Lipinski definition) is 2. The molecule has 74 valence electrons. The van der Waals surface area contributed by atoms with Gasteiger partial charge in [0.25, 0.3) is 0 Å². The first kappa shape index (κ1) is 8.30. The van der Waals surface area contributed by atoms with Crippen molar-refractivity contribution in [3.05, 3.63) is 29.3 Å². The zero-order valence-corrected chi connectivity index (χ0v) is 8.42. The van der Waals surface area contributed by atoms with Crippen LogP contribution in [0.25, 0.3) is 0 Å². The average molecular weight is 188 g/mol. The van der Waals surface area contributed by atoms with Crippen molar-refractivity contribution in [2.75, 3.05) is 18.0 Å². The van der Waals surface area contributed by atoms with Crippen molar-refractivity contribution in [3.63, 3.8) is 0 Å².